The number of sulfonamides is 1. The van der Waals surface area contributed by atoms with Crippen molar-refractivity contribution in [3.63, 3.8) is 0 Å². The van der Waals surface area contributed by atoms with Gasteiger partial charge in [0.2, 0.25) is 10.0 Å². The Hall–Kier alpha value is -0.960. The summed E-state index contributed by atoms with van der Waals surface area (Å²) in [6.07, 6.45) is 0.855. The van der Waals surface area contributed by atoms with E-state index >= 15 is 0 Å². The van der Waals surface area contributed by atoms with Crippen LogP contribution in [0.2, 0.25) is 0 Å². The molecule has 1 N–H and O–H groups in total. The van der Waals surface area contributed by atoms with Crippen LogP contribution in [-0.4, -0.2) is 52.5 Å². The monoisotopic (exact) mass is 318 g/mol. The van der Waals surface area contributed by atoms with Gasteiger partial charge in [-0.2, -0.15) is 4.31 Å². The molecular weight excluding hydrogens is 300 g/mol. The molecule has 2 heterocycles. The van der Waals surface area contributed by atoms with Crippen molar-refractivity contribution in [3.05, 3.63) is 16.3 Å². The van der Waals surface area contributed by atoms with Crippen molar-refractivity contribution >= 4 is 27.3 Å². The first kappa shape index (κ1) is 15.4. The molecule has 1 aliphatic heterocycles. The topological polar surface area (TPSA) is 75.7 Å². The normalized spacial score (nSPS) is 20.2. The molecule has 20 heavy (non-hydrogen) atoms. The minimum Gasteiger partial charge on any atom is -0.465 e. The summed E-state index contributed by atoms with van der Waals surface area (Å²) in [5, 5.41) is 4.56. The van der Waals surface area contributed by atoms with Gasteiger partial charge in [0.05, 0.1) is 12.0 Å². The highest BCUT2D eigenvalue weighted by molar-refractivity contribution is 7.89. The van der Waals surface area contributed by atoms with Gasteiger partial charge in [-0.1, -0.05) is 0 Å². The Morgan fingerprint density at radius 3 is 3.00 bits per heavy atom. The van der Waals surface area contributed by atoms with Crippen LogP contribution in [0.4, 0.5) is 0 Å². The van der Waals surface area contributed by atoms with E-state index in [0.29, 0.717) is 23.9 Å². The molecule has 0 aromatic carbocycles. The fourth-order valence-corrected chi connectivity index (χ4v) is 4.99. The number of thiophene rings is 1. The number of carbonyl (C=O) groups is 1. The SMILES string of the molecule is CNCC1CCN(S(=O)(=O)c2csc(C(=O)OC)c2)C1. The fraction of sp³-hybridized carbons (Fsp3) is 0.583. The number of hydrogen-bond donors (Lipinski definition) is 1. The summed E-state index contributed by atoms with van der Waals surface area (Å²) >= 11 is 1.09. The summed E-state index contributed by atoms with van der Waals surface area (Å²) < 4.78 is 31.0. The van der Waals surface area contributed by atoms with Gasteiger partial charge in [0.1, 0.15) is 4.88 Å². The molecule has 0 bridgehead atoms. The third-order valence-electron chi connectivity index (χ3n) is 3.34. The maximum atomic E-state index is 12.5. The van der Waals surface area contributed by atoms with Crippen LogP contribution in [0.3, 0.4) is 0 Å². The number of rotatable bonds is 5. The van der Waals surface area contributed by atoms with Crippen LogP contribution in [-0.2, 0) is 14.8 Å². The predicted molar refractivity (Wildman–Crippen MR) is 76.5 cm³/mol. The third-order valence-corrected chi connectivity index (χ3v) is 6.24. The molecule has 0 spiro atoms. The number of hydrogen-bond acceptors (Lipinski definition) is 6. The van der Waals surface area contributed by atoms with E-state index in [1.807, 2.05) is 7.05 Å². The van der Waals surface area contributed by atoms with Crippen LogP contribution in [0.5, 0.6) is 0 Å². The highest BCUT2D eigenvalue weighted by atomic mass is 32.2. The second-order valence-corrected chi connectivity index (χ2v) is 7.56. The maximum absolute atomic E-state index is 12.5. The highest BCUT2D eigenvalue weighted by Crippen LogP contribution is 2.27. The van der Waals surface area contributed by atoms with Gasteiger partial charge in [-0.05, 0) is 32.0 Å². The lowest BCUT2D eigenvalue weighted by Gasteiger charge is -2.15. The van der Waals surface area contributed by atoms with Crippen LogP contribution in [0.15, 0.2) is 16.3 Å². The van der Waals surface area contributed by atoms with Gasteiger partial charge in [0, 0.05) is 18.5 Å². The molecule has 0 radical (unpaired) electrons. The Kier molecular flexibility index (Phi) is 4.79. The van der Waals surface area contributed by atoms with Crippen LogP contribution >= 0.6 is 11.3 Å². The van der Waals surface area contributed by atoms with Crippen molar-refractivity contribution in [1.82, 2.24) is 9.62 Å². The highest BCUT2D eigenvalue weighted by Gasteiger charge is 2.33. The zero-order valence-corrected chi connectivity index (χ0v) is 13.1. The summed E-state index contributed by atoms with van der Waals surface area (Å²) in [4.78, 5) is 11.9. The van der Waals surface area contributed by atoms with Gasteiger partial charge in [0.25, 0.3) is 0 Å². The largest absolute Gasteiger partial charge is 0.465 e. The lowest BCUT2D eigenvalue weighted by atomic mass is 10.1. The average Bonchev–Trinajstić information content (AvgIpc) is 3.07. The zero-order chi connectivity index (χ0) is 14.8. The summed E-state index contributed by atoms with van der Waals surface area (Å²) in [6, 6.07) is 1.39. The molecular formula is C12H18N2O4S2. The Morgan fingerprint density at radius 2 is 2.35 bits per heavy atom. The van der Waals surface area contributed by atoms with Gasteiger partial charge < -0.3 is 10.1 Å². The molecule has 1 fully saturated rings. The minimum atomic E-state index is -3.50. The zero-order valence-electron chi connectivity index (χ0n) is 11.5. The smallest absolute Gasteiger partial charge is 0.348 e. The van der Waals surface area contributed by atoms with Crippen LogP contribution in [0.25, 0.3) is 0 Å². The number of methoxy groups -OCH3 is 1. The number of carbonyl (C=O) groups excluding carboxylic acids is 1. The van der Waals surface area contributed by atoms with E-state index in [0.717, 1.165) is 24.3 Å². The molecule has 1 atom stereocenters. The molecule has 1 unspecified atom stereocenters. The van der Waals surface area contributed by atoms with E-state index in [9.17, 15) is 13.2 Å². The lowest BCUT2D eigenvalue weighted by molar-refractivity contribution is 0.0606. The standard InChI is InChI=1S/C12H18N2O4S2/c1-13-6-9-3-4-14(7-9)20(16,17)10-5-11(19-8-10)12(15)18-2/h5,8-9,13H,3-4,6-7H2,1-2H3. The molecule has 1 saturated heterocycles. The second kappa shape index (κ2) is 6.21. The predicted octanol–water partition coefficient (Wildman–Crippen LogP) is 0.765. The first-order valence-corrected chi connectivity index (χ1v) is 8.62. The summed E-state index contributed by atoms with van der Waals surface area (Å²) in [6.45, 7) is 1.85. The second-order valence-electron chi connectivity index (χ2n) is 4.71. The van der Waals surface area contributed by atoms with Crippen molar-refractivity contribution in [2.45, 2.75) is 11.3 Å². The molecule has 6 nitrogen and oxygen atoms in total. The van der Waals surface area contributed by atoms with E-state index in [2.05, 4.69) is 10.1 Å². The van der Waals surface area contributed by atoms with Crippen molar-refractivity contribution in [2.24, 2.45) is 5.92 Å². The summed E-state index contributed by atoms with van der Waals surface area (Å²) in [5.41, 5.74) is 0. The van der Waals surface area contributed by atoms with Crippen molar-refractivity contribution in [3.8, 4) is 0 Å². The average molecular weight is 318 g/mol. The fourth-order valence-electron chi connectivity index (χ4n) is 2.28. The van der Waals surface area contributed by atoms with Gasteiger partial charge in [-0.25, -0.2) is 13.2 Å². The summed E-state index contributed by atoms with van der Waals surface area (Å²) in [5.74, 6) is -0.167. The van der Waals surface area contributed by atoms with Gasteiger partial charge in [-0.3, -0.25) is 0 Å². The van der Waals surface area contributed by atoms with Crippen LogP contribution < -0.4 is 5.32 Å². The molecule has 112 valence electrons. The Labute approximate surface area is 122 Å². The minimum absolute atomic E-state index is 0.174. The van der Waals surface area contributed by atoms with E-state index in [-0.39, 0.29) is 4.90 Å². The molecule has 2 rings (SSSR count). The Bertz CT molecular complexity index is 582. The van der Waals surface area contributed by atoms with Crippen LogP contribution in [0.1, 0.15) is 16.1 Å². The first-order chi connectivity index (χ1) is 9.48. The molecule has 1 aromatic rings. The van der Waals surface area contributed by atoms with Crippen LogP contribution in [0, 0.1) is 5.92 Å². The van der Waals surface area contributed by atoms with Gasteiger partial charge >= 0.3 is 5.97 Å². The molecule has 8 heteroatoms. The molecule has 1 aliphatic rings. The first-order valence-electron chi connectivity index (χ1n) is 6.30. The van der Waals surface area contributed by atoms with E-state index in [4.69, 9.17) is 0 Å². The summed E-state index contributed by atoms with van der Waals surface area (Å²) in [7, 11) is -0.366. The Balaban J connectivity index is 2.15. The van der Waals surface area contributed by atoms with Crippen molar-refractivity contribution in [2.75, 3.05) is 33.8 Å². The lowest BCUT2D eigenvalue weighted by Crippen LogP contribution is -2.30. The van der Waals surface area contributed by atoms with E-state index in [1.165, 1.54) is 22.9 Å². The van der Waals surface area contributed by atoms with Gasteiger partial charge in [0.15, 0.2) is 0 Å². The third kappa shape index (κ3) is 3.03. The number of nitrogens with one attached hydrogen (secondary N) is 1. The van der Waals surface area contributed by atoms with E-state index < -0.39 is 16.0 Å². The molecule has 0 amide bonds. The number of ether oxygens (including phenoxy) is 1. The molecule has 0 saturated carbocycles. The quantitative estimate of drug-likeness (QED) is 0.812. The van der Waals surface area contributed by atoms with Crippen molar-refractivity contribution < 1.29 is 17.9 Å². The number of nitrogens with zero attached hydrogens (tertiary/aromatic N) is 1. The maximum Gasteiger partial charge on any atom is 0.348 e. The molecule has 1 aromatic heterocycles. The Morgan fingerprint density at radius 1 is 1.60 bits per heavy atom. The van der Waals surface area contributed by atoms with Crippen molar-refractivity contribution in [1.29, 1.82) is 0 Å². The van der Waals surface area contributed by atoms with Gasteiger partial charge in [-0.15, -0.1) is 11.3 Å². The van der Waals surface area contributed by atoms with E-state index in [1.54, 1.807) is 0 Å². The number of esters is 1. The molecule has 0 aliphatic carbocycles.